The lowest BCUT2D eigenvalue weighted by Gasteiger charge is -2.35. The third-order valence-corrected chi connectivity index (χ3v) is 27.6. The van der Waals surface area contributed by atoms with Gasteiger partial charge in [0.2, 0.25) is 0 Å². The van der Waals surface area contributed by atoms with E-state index in [0.29, 0.717) is 0 Å². The molecule has 14 aromatic rings. The van der Waals surface area contributed by atoms with Gasteiger partial charge < -0.3 is 9.80 Å². The second kappa shape index (κ2) is 23.0. The fourth-order valence-electron chi connectivity index (χ4n) is 14.2. The van der Waals surface area contributed by atoms with Gasteiger partial charge in [0.15, 0.2) is 16.1 Å². The normalized spacial score (nSPS) is 11.9. The monoisotopic (exact) mass is 1140 g/mol. The summed E-state index contributed by atoms with van der Waals surface area (Å²) in [5.74, 6) is 0.489. The van der Waals surface area contributed by atoms with Crippen molar-refractivity contribution in [2.45, 2.75) is 39.5 Å². The van der Waals surface area contributed by atoms with E-state index in [0.717, 1.165) is 22.7 Å². The Bertz CT molecular complexity index is 4090. The molecule has 0 unspecified atom stereocenters. The summed E-state index contributed by atoms with van der Waals surface area (Å²) in [7, 11) is -5.56. The van der Waals surface area contributed by atoms with Crippen LogP contribution in [0.15, 0.2) is 328 Å². The number of nitrogens with zero attached hydrogens (tertiary/aromatic N) is 2. The molecule has 0 aliphatic carbocycles. The van der Waals surface area contributed by atoms with E-state index in [1.165, 1.54) is 96.3 Å². The molecule has 0 aliphatic rings. The van der Waals surface area contributed by atoms with E-state index in [-0.39, 0.29) is 11.8 Å². The van der Waals surface area contributed by atoms with E-state index in [2.05, 4.69) is 365 Å². The zero-order chi connectivity index (χ0) is 58.2. The molecule has 0 N–H and O–H groups in total. The highest BCUT2D eigenvalue weighted by molar-refractivity contribution is 7.20. The maximum Gasteiger partial charge on any atom is 0.179 e. The summed E-state index contributed by atoms with van der Waals surface area (Å²) in [4.78, 5) is 5.04. The van der Waals surface area contributed by atoms with Gasteiger partial charge in [-0.25, -0.2) is 0 Å². The highest BCUT2D eigenvalue weighted by Gasteiger charge is 2.43. The van der Waals surface area contributed by atoms with Crippen LogP contribution < -0.4 is 51.3 Å². The van der Waals surface area contributed by atoms with Gasteiger partial charge in [-0.1, -0.05) is 295 Å². The van der Waals surface area contributed by atoms with Crippen molar-refractivity contribution in [2.75, 3.05) is 9.80 Å². The van der Waals surface area contributed by atoms with Crippen LogP contribution in [0.2, 0.25) is 0 Å². The molecule has 4 heteroatoms. The van der Waals surface area contributed by atoms with Crippen molar-refractivity contribution in [3.05, 3.63) is 339 Å². The predicted octanol–water partition coefficient (Wildman–Crippen LogP) is 16.5. The Morgan fingerprint density at radius 1 is 0.221 bits per heavy atom. The number of benzene rings is 14. The number of hydrogen-bond acceptors (Lipinski definition) is 2. The number of hydrogen-bond donors (Lipinski definition) is 0. The first kappa shape index (κ1) is 54.1. The summed E-state index contributed by atoms with van der Waals surface area (Å²) >= 11 is 0. The average Bonchev–Trinajstić information content (AvgIpc) is 0.778. The molecule has 0 saturated carbocycles. The van der Waals surface area contributed by atoms with Gasteiger partial charge in [0.25, 0.3) is 0 Å². The van der Waals surface area contributed by atoms with Crippen molar-refractivity contribution in [1.82, 2.24) is 0 Å². The van der Waals surface area contributed by atoms with Gasteiger partial charge in [0.1, 0.15) is 0 Å². The van der Waals surface area contributed by atoms with Crippen molar-refractivity contribution in [2.24, 2.45) is 0 Å². The van der Waals surface area contributed by atoms with Crippen LogP contribution in [0.25, 0.3) is 32.3 Å². The summed E-state index contributed by atoms with van der Waals surface area (Å²) in [5.41, 5.74) is 9.46. The Labute approximate surface area is 508 Å². The van der Waals surface area contributed by atoms with Crippen LogP contribution in [0.4, 0.5) is 34.1 Å². The smallest absolute Gasteiger partial charge is 0.179 e. The molecule has 0 radical (unpaired) electrons. The molecule has 2 nitrogen and oxygen atoms in total. The van der Waals surface area contributed by atoms with Crippen molar-refractivity contribution in [3.8, 4) is 0 Å². The van der Waals surface area contributed by atoms with Crippen molar-refractivity contribution in [3.63, 3.8) is 0 Å². The van der Waals surface area contributed by atoms with Crippen LogP contribution in [0.3, 0.4) is 0 Å². The molecule has 14 aromatic carbocycles. The summed E-state index contributed by atoms with van der Waals surface area (Å²) in [5, 5.41) is 18.5. The van der Waals surface area contributed by atoms with Gasteiger partial charge in [-0.15, -0.1) is 0 Å². The molecule has 0 bridgehead atoms. The van der Waals surface area contributed by atoms with E-state index in [1.807, 2.05) is 0 Å². The largest absolute Gasteiger partial charge is 0.310 e. The van der Waals surface area contributed by atoms with E-state index in [9.17, 15) is 0 Å². The lowest BCUT2D eigenvalue weighted by atomic mass is 9.84. The van der Waals surface area contributed by atoms with Crippen LogP contribution in [-0.2, 0) is 0 Å². The molecule has 414 valence electrons. The number of rotatable bonds is 16. The second-order valence-electron chi connectivity index (χ2n) is 23.5. The van der Waals surface area contributed by atoms with Gasteiger partial charge in [-0.3, -0.25) is 0 Å². The molecule has 14 rings (SSSR count). The molecule has 0 atom stereocenters. The molecule has 0 amide bonds. The maximum absolute atomic E-state index is 2.78. The fourth-order valence-corrected chi connectivity index (χ4v) is 23.7. The fraction of sp³-hybridized carbons (Fsp3) is 0.0732. The first-order valence-electron chi connectivity index (χ1n) is 30.4. The standard InChI is InChI=1S/C82H68N2Si2/c1-59(2)77-57-79(83(61-29-13-5-14-30-61)63-45-49-71(50-46-63)85(65-33-17-7-18-34-65,66-35-19-8-20-36-66)67-37-21-9-22-38-67)75-56-54-74-78(60(3)4)58-80(76-55-53-73(77)81(75)82(74)76)84(62-31-15-6-16-32-62)64-47-51-72(52-48-64)86(68-39-23-10-24-40-68,69-41-25-11-26-42-69)70-43-27-12-28-44-70/h5-60H,1-4H3. The lowest BCUT2D eigenvalue weighted by molar-refractivity contribution is 0.875. The Hall–Kier alpha value is -9.85. The molecule has 0 saturated heterocycles. The molecular weight excluding hydrogens is 1070 g/mol. The summed E-state index contributed by atoms with van der Waals surface area (Å²) in [6.45, 7) is 9.43. The molecule has 0 aliphatic heterocycles. The topological polar surface area (TPSA) is 6.48 Å². The van der Waals surface area contributed by atoms with Gasteiger partial charge in [-0.2, -0.15) is 0 Å². The maximum atomic E-state index is 2.52. The number of anilines is 6. The lowest BCUT2D eigenvalue weighted by Crippen LogP contribution is -2.74. The molecule has 0 aromatic heterocycles. The molecule has 0 spiro atoms. The van der Waals surface area contributed by atoms with E-state index in [4.69, 9.17) is 0 Å². The first-order valence-corrected chi connectivity index (χ1v) is 34.4. The van der Waals surface area contributed by atoms with Crippen LogP contribution in [0.5, 0.6) is 0 Å². The Kier molecular flexibility index (Phi) is 14.4. The van der Waals surface area contributed by atoms with Crippen LogP contribution in [0.1, 0.15) is 50.7 Å². The van der Waals surface area contributed by atoms with E-state index < -0.39 is 16.1 Å². The average molecular weight is 1140 g/mol. The minimum absolute atomic E-state index is 0.245. The van der Waals surface area contributed by atoms with Gasteiger partial charge in [-0.05, 0) is 147 Å². The Morgan fingerprint density at radius 3 is 0.674 bits per heavy atom. The minimum atomic E-state index is -2.78. The van der Waals surface area contributed by atoms with Crippen LogP contribution >= 0.6 is 0 Å². The highest BCUT2D eigenvalue weighted by atomic mass is 28.3. The summed E-state index contributed by atoms with van der Waals surface area (Å²) in [6, 6.07) is 123. The Morgan fingerprint density at radius 2 is 0.430 bits per heavy atom. The molecular formula is C82H68N2Si2. The van der Waals surface area contributed by atoms with Crippen LogP contribution in [0, 0.1) is 0 Å². The first-order chi connectivity index (χ1) is 42.3. The van der Waals surface area contributed by atoms with Gasteiger partial charge >= 0.3 is 0 Å². The van der Waals surface area contributed by atoms with Crippen molar-refractivity contribution >= 4 is 124 Å². The zero-order valence-electron chi connectivity index (χ0n) is 49.2. The van der Waals surface area contributed by atoms with Crippen LogP contribution in [-0.4, -0.2) is 16.1 Å². The molecule has 0 fully saturated rings. The SMILES string of the molecule is CC(C)c1cc(N(c2ccccc2)c2ccc([Si](c3ccccc3)(c3ccccc3)c3ccccc3)cc2)c2ccc3c(C(C)C)cc(N(c4ccccc4)c4ccc([Si](c5ccccc5)(c5ccccc5)c5ccccc5)cc4)c4ccc1c2c34. The van der Waals surface area contributed by atoms with E-state index in [1.54, 1.807) is 0 Å². The second-order valence-corrected chi connectivity index (χ2v) is 31.1. The molecule has 0 heterocycles. The minimum Gasteiger partial charge on any atom is -0.310 e. The number of para-hydroxylation sites is 2. The summed E-state index contributed by atoms with van der Waals surface area (Å²) < 4.78 is 0. The van der Waals surface area contributed by atoms with Gasteiger partial charge in [0, 0.05) is 33.5 Å². The highest BCUT2D eigenvalue weighted by Crippen LogP contribution is 2.51. The molecule has 86 heavy (non-hydrogen) atoms. The third-order valence-electron chi connectivity index (χ3n) is 18.0. The third kappa shape index (κ3) is 9.16. The quantitative estimate of drug-likeness (QED) is 0.0540. The Balaban J connectivity index is 0.986. The zero-order valence-corrected chi connectivity index (χ0v) is 51.2. The van der Waals surface area contributed by atoms with E-state index >= 15 is 0 Å². The summed E-state index contributed by atoms with van der Waals surface area (Å²) in [6.07, 6.45) is 0. The van der Waals surface area contributed by atoms with Gasteiger partial charge in [0.05, 0.1) is 11.4 Å². The van der Waals surface area contributed by atoms with Crippen molar-refractivity contribution < 1.29 is 0 Å². The predicted molar refractivity (Wildman–Crippen MR) is 375 cm³/mol. The van der Waals surface area contributed by atoms with Crippen molar-refractivity contribution in [1.29, 1.82) is 0 Å².